The van der Waals surface area contributed by atoms with Crippen molar-refractivity contribution in [3.05, 3.63) is 59.7 Å². The Hall–Kier alpha value is -2.08. The van der Waals surface area contributed by atoms with E-state index >= 15 is 0 Å². The van der Waals surface area contributed by atoms with Crippen molar-refractivity contribution in [3.8, 4) is 11.5 Å². The molecule has 4 rings (SSSR count). The molecule has 4 atom stereocenters. The second kappa shape index (κ2) is 11.9. The summed E-state index contributed by atoms with van der Waals surface area (Å²) >= 11 is 0. The second-order valence-electron chi connectivity index (χ2n) is 9.44. The molecule has 2 aromatic carbocycles. The fourth-order valence-electron chi connectivity index (χ4n) is 5.19. The van der Waals surface area contributed by atoms with Gasteiger partial charge in [0.15, 0.2) is 11.5 Å². The molecular weight excluding hydrogens is 414 g/mol. The van der Waals surface area contributed by atoms with Gasteiger partial charge in [-0.1, -0.05) is 56.2 Å². The SMILES string of the molecule is COc1ccc(C(C)COC2CCCCC2N2CCC(OCc3ccccc3)C2)cc1OC. The minimum absolute atomic E-state index is 0.299. The van der Waals surface area contributed by atoms with Gasteiger partial charge in [0.05, 0.1) is 39.6 Å². The van der Waals surface area contributed by atoms with Crippen LogP contribution < -0.4 is 9.47 Å². The minimum atomic E-state index is 0.299. The van der Waals surface area contributed by atoms with E-state index in [0.29, 0.717) is 30.8 Å². The number of rotatable bonds is 10. The predicted octanol–water partition coefficient (Wildman–Crippen LogP) is 5.43. The molecule has 180 valence electrons. The Morgan fingerprint density at radius 3 is 2.48 bits per heavy atom. The second-order valence-corrected chi connectivity index (χ2v) is 9.44. The molecule has 0 spiro atoms. The number of nitrogens with zero attached hydrogens (tertiary/aromatic N) is 1. The maximum absolute atomic E-state index is 6.56. The molecule has 2 fully saturated rings. The number of benzene rings is 2. The van der Waals surface area contributed by atoms with E-state index in [1.54, 1.807) is 14.2 Å². The van der Waals surface area contributed by atoms with Gasteiger partial charge < -0.3 is 18.9 Å². The van der Waals surface area contributed by atoms with Crippen LogP contribution in [0.15, 0.2) is 48.5 Å². The monoisotopic (exact) mass is 453 g/mol. The van der Waals surface area contributed by atoms with E-state index in [9.17, 15) is 0 Å². The number of likely N-dealkylation sites (tertiary alicyclic amines) is 1. The van der Waals surface area contributed by atoms with Crippen molar-refractivity contribution in [2.24, 2.45) is 0 Å². The lowest BCUT2D eigenvalue weighted by molar-refractivity contribution is -0.0399. The first-order valence-corrected chi connectivity index (χ1v) is 12.4. The third-order valence-electron chi connectivity index (χ3n) is 7.18. The van der Waals surface area contributed by atoms with E-state index in [1.165, 1.54) is 30.4 Å². The molecule has 1 heterocycles. The lowest BCUT2D eigenvalue weighted by atomic mass is 9.91. The Kier molecular flexibility index (Phi) is 8.65. The maximum Gasteiger partial charge on any atom is 0.160 e. The predicted molar refractivity (Wildman–Crippen MR) is 131 cm³/mol. The van der Waals surface area contributed by atoms with Crippen molar-refractivity contribution in [1.82, 2.24) is 4.90 Å². The van der Waals surface area contributed by atoms with Gasteiger partial charge in [-0.25, -0.2) is 0 Å². The molecule has 0 bridgehead atoms. The zero-order valence-electron chi connectivity index (χ0n) is 20.4. The molecule has 1 aliphatic heterocycles. The average Bonchev–Trinajstić information content (AvgIpc) is 3.35. The van der Waals surface area contributed by atoms with Crippen LogP contribution in [0.5, 0.6) is 11.5 Å². The van der Waals surface area contributed by atoms with Gasteiger partial charge in [0.2, 0.25) is 0 Å². The molecule has 2 aliphatic rings. The van der Waals surface area contributed by atoms with Crippen LogP contribution in [0.1, 0.15) is 56.1 Å². The highest BCUT2D eigenvalue weighted by molar-refractivity contribution is 5.43. The highest BCUT2D eigenvalue weighted by atomic mass is 16.5. The fraction of sp³-hybridized carbons (Fsp3) is 0.571. The van der Waals surface area contributed by atoms with Crippen LogP contribution in [-0.4, -0.2) is 57.1 Å². The van der Waals surface area contributed by atoms with Crippen molar-refractivity contribution in [2.45, 2.75) is 69.8 Å². The highest BCUT2D eigenvalue weighted by Gasteiger charge is 2.35. The van der Waals surface area contributed by atoms with Gasteiger partial charge >= 0.3 is 0 Å². The van der Waals surface area contributed by atoms with Crippen LogP contribution in [0, 0.1) is 0 Å². The zero-order chi connectivity index (χ0) is 23.0. The fourth-order valence-corrected chi connectivity index (χ4v) is 5.19. The molecule has 5 heteroatoms. The van der Waals surface area contributed by atoms with Crippen LogP contribution in [0.4, 0.5) is 0 Å². The zero-order valence-corrected chi connectivity index (χ0v) is 20.4. The summed E-state index contributed by atoms with van der Waals surface area (Å²) in [6, 6.07) is 17.1. The van der Waals surface area contributed by atoms with Crippen LogP contribution in [0.3, 0.4) is 0 Å². The molecule has 2 aromatic rings. The normalized spacial score (nSPS) is 24.5. The van der Waals surface area contributed by atoms with Crippen LogP contribution in [0.25, 0.3) is 0 Å². The third kappa shape index (κ3) is 6.28. The molecule has 0 N–H and O–H groups in total. The first kappa shape index (κ1) is 24.1. The van der Waals surface area contributed by atoms with Gasteiger partial charge in [-0.05, 0) is 42.5 Å². The quantitative estimate of drug-likeness (QED) is 0.480. The number of methoxy groups -OCH3 is 2. The molecule has 0 radical (unpaired) electrons. The lowest BCUT2D eigenvalue weighted by Gasteiger charge is -2.38. The Labute approximate surface area is 199 Å². The molecule has 1 aliphatic carbocycles. The van der Waals surface area contributed by atoms with Crippen molar-refractivity contribution in [2.75, 3.05) is 33.9 Å². The Balaban J connectivity index is 1.29. The van der Waals surface area contributed by atoms with Crippen LogP contribution >= 0.6 is 0 Å². The summed E-state index contributed by atoms with van der Waals surface area (Å²) in [6.07, 6.45) is 6.65. The molecule has 33 heavy (non-hydrogen) atoms. The minimum Gasteiger partial charge on any atom is -0.493 e. The van der Waals surface area contributed by atoms with Gasteiger partial charge in [-0.3, -0.25) is 4.90 Å². The third-order valence-corrected chi connectivity index (χ3v) is 7.18. The van der Waals surface area contributed by atoms with E-state index in [-0.39, 0.29) is 0 Å². The summed E-state index contributed by atoms with van der Waals surface area (Å²) in [6.45, 7) is 5.77. The van der Waals surface area contributed by atoms with Crippen molar-refractivity contribution < 1.29 is 18.9 Å². The van der Waals surface area contributed by atoms with E-state index in [0.717, 1.165) is 44.0 Å². The van der Waals surface area contributed by atoms with Gasteiger partial charge in [0.25, 0.3) is 0 Å². The summed E-state index contributed by atoms with van der Waals surface area (Å²) in [5, 5.41) is 0. The molecule has 0 amide bonds. The Bertz CT molecular complexity index is 858. The Morgan fingerprint density at radius 1 is 0.909 bits per heavy atom. The van der Waals surface area contributed by atoms with Crippen LogP contribution in [0.2, 0.25) is 0 Å². The van der Waals surface area contributed by atoms with Crippen LogP contribution in [-0.2, 0) is 16.1 Å². The standard InChI is InChI=1S/C28H39NO4/c1-21(23-13-14-27(30-2)28(17-23)31-3)19-33-26-12-8-7-11-25(26)29-16-15-24(18-29)32-20-22-9-5-4-6-10-22/h4-6,9-10,13-14,17,21,24-26H,7-8,11-12,15-16,18-20H2,1-3H3. The number of hydrogen-bond acceptors (Lipinski definition) is 5. The summed E-state index contributed by atoms with van der Waals surface area (Å²) in [4.78, 5) is 2.63. The van der Waals surface area contributed by atoms with Gasteiger partial charge in [0, 0.05) is 25.0 Å². The average molecular weight is 454 g/mol. The lowest BCUT2D eigenvalue weighted by Crippen LogP contribution is -2.46. The molecule has 5 nitrogen and oxygen atoms in total. The largest absolute Gasteiger partial charge is 0.493 e. The molecule has 0 aromatic heterocycles. The van der Waals surface area contributed by atoms with Gasteiger partial charge in [-0.15, -0.1) is 0 Å². The topological polar surface area (TPSA) is 40.2 Å². The van der Waals surface area contributed by atoms with E-state index in [1.807, 2.05) is 6.07 Å². The summed E-state index contributed by atoms with van der Waals surface area (Å²) in [5.41, 5.74) is 2.47. The van der Waals surface area contributed by atoms with Gasteiger partial charge in [-0.2, -0.15) is 0 Å². The van der Waals surface area contributed by atoms with E-state index < -0.39 is 0 Å². The molecule has 1 saturated carbocycles. The molecular formula is C28H39NO4. The van der Waals surface area contributed by atoms with Gasteiger partial charge in [0.1, 0.15) is 0 Å². The number of ether oxygens (including phenoxy) is 4. The van der Waals surface area contributed by atoms with Crippen molar-refractivity contribution in [3.63, 3.8) is 0 Å². The van der Waals surface area contributed by atoms with Crippen molar-refractivity contribution >= 4 is 0 Å². The van der Waals surface area contributed by atoms with Crippen molar-refractivity contribution in [1.29, 1.82) is 0 Å². The first-order valence-electron chi connectivity index (χ1n) is 12.4. The molecule has 4 unspecified atom stereocenters. The maximum atomic E-state index is 6.56. The van der Waals surface area contributed by atoms with E-state index in [4.69, 9.17) is 18.9 Å². The molecule has 1 saturated heterocycles. The number of hydrogen-bond donors (Lipinski definition) is 0. The highest BCUT2D eigenvalue weighted by Crippen LogP contribution is 2.33. The van der Waals surface area contributed by atoms with E-state index in [2.05, 4.69) is 54.3 Å². The smallest absolute Gasteiger partial charge is 0.160 e. The summed E-state index contributed by atoms with van der Waals surface area (Å²) in [7, 11) is 3.35. The Morgan fingerprint density at radius 2 is 1.70 bits per heavy atom. The summed E-state index contributed by atoms with van der Waals surface area (Å²) in [5.74, 6) is 1.84. The first-order chi connectivity index (χ1) is 16.2. The summed E-state index contributed by atoms with van der Waals surface area (Å²) < 4.78 is 23.7.